The van der Waals surface area contributed by atoms with Crippen molar-refractivity contribution in [3.63, 3.8) is 0 Å². The van der Waals surface area contributed by atoms with Crippen molar-refractivity contribution in [1.29, 1.82) is 0 Å². The zero-order valence-electron chi connectivity index (χ0n) is 25.3. The van der Waals surface area contributed by atoms with E-state index >= 15 is 0 Å². The van der Waals surface area contributed by atoms with Gasteiger partial charge in [0.25, 0.3) is 0 Å². The van der Waals surface area contributed by atoms with Gasteiger partial charge in [0.05, 0.1) is 30.2 Å². The third kappa shape index (κ3) is 6.82. The minimum atomic E-state index is -1.08. The number of thiazole rings is 1. The first kappa shape index (κ1) is 30.8. The van der Waals surface area contributed by atoms with Crippen molar-refractivity contribution in [2.24, 2.45) is 12.0 Å². The zero-order valence-corrected chi connectivity index (χ0v) is 27.7. The predicted molar refractivity (Wildman–Crippen MR) is 183 cm³/mol. The van der Waals surface area contributed by atoms with Gasteiger partial charge >= 0.3 is 0 Å². The molecule has 2 aromatic heterocycles. The van der Waals surface area contributed by atoms with Gasteiger partial charge in [-0.2, -0.15) is 0 Å². The Morgan fingerprint density at radius 1 is 0.957 bits per heavy atom. The second-order valence-electron chi connectivity index (χ2n) is 11.4. The Morgan fingerprint density at radius 3 is 2.30 bits per heavy atom. The van der Waals surface area contributed by atoms with Gasteiger partial charge in [0, 0.05) is 79.2 Å². The lowest BCUT2D eigenvalue weighted by Gasteiger charge is -2.37. The molecule has 0 spiro atoms. The van der Waals surface area contributed by atoms with Crippen LogP contribution in [-0.4, -0.2) is 59.6 Å². The maximum absolute atomic E-state index is 6.60. The van der Waals surface area contributed by atoms with E-state index < -0.39 is 5.79 Å². The molecule has 238 valence electrons. The average molecular weight is 678 g/mol. The average Bonchev–Trinajstić information content (AvgIpc) is 3.84. The highest BCUT2D eigenvalue weighted by molar-refractivity contribution is 7.07. The number of anilines is 2. The predicted octanol–water partition coefficient (Wildman–Crippen LogP) is 6.50. The number of aromatic nitrogens is 3. The summed E-state index contributed by atoms with van der Waals surface area (Å²) >= 11 is 14.4. The zero-order chi connectivity index (χ0) is 31.5. The van der Waals surface area contributed by atoms with Gasteiger partial charge in [0.2, 0.25) is 5.79 Å². The van der Waals surface area contributed by atoms with Crippen molar-refractivity contribution < 1.29 is 14.2 Å². The third-order valence-electron chi connectivity index (χ3n) is 8.27. The Labute approximate surface area is 281 Å². The fourth-order valence-corrected chi connectivity index (χ4v) is 7.13. The van der Waals surface area contributed by atoms with Gasteiger partial charge in [0.1, 0.15) is 18.5 Å². The van der Waals surface area contributed by atoms with Crippen LogP contribution in [0.2, 0.25) is 10.0 Å². The van der Waals surface area contributed by atoms with Crippen molar-refractivity contribution in [2.45, 2.75) is 18.4 Å². The summed E-state index contributed by atoms with van der Waals surface area (Å²) in [6.45, 7) is 4.88. The van der Waals surface area contributed by atoms with Gasteiger partial charge < -0.3 is 33.1 Å². The van der Waals surface area contributed by atoms with Crippen LogP contribution in [0.15, 0.2) is 102 Å². The van der Waals surface area contributed by atoms with E-state index in [1.165, 1.54) is 11.4 Å². The Bertz CT molecular complexity index is 1820. The minimum absolute atomic E-state index is 0.288. The summed E-state index contributed by atoms with van der Waals surface area (Å²) in [6.07, 6.45) is 7.05. The number of hydrogen-bond donors (Lipinski definition) is 0. The summed E-state index contributed by atoms with van der Waals surface area (Å²) in [5, 5.41) is 3.08. The highest BCUT2D eigenvalue weighted by atomic mass is 35.5. The molecule has 46 heavy (non-hydrogen) atoms. The topological polar surface area (TPSA) is 69.3 Å². The standard InChI is InChI=1S/C34H34Cl2N6O3S/c1-39-18-19-46-33(39)38-26-3-5-27(6-4-26)41-14-16-42(17-15-41)28-7-9-29(10-8-28)43-21-30-22-44-34(45-30,23-40-13-12-37-24-40)31-11-2-25(35)20-32(31)36/h2-13,18-20,24,30H,14-17,21-23H2,1H3/b38-33+. The molecule has 0 aliphatic carbocycles. The van der Waals surface area contributed by atoms with Crippen molar-refractivity contribution in [2.75, 3.05) is 49.2 Å². The molecule has 2 saturated heterocycles. The number of hydrogen-bond acceptors (Lipinski definition) is 8. The summed E-state index contributed by atoms with van der Waals surface area (Å²) in [5.74, 6) is -0.299. The third-order valence-corrected chi connectivity index (χ3v) is 9.66. The molecular weight excluding hydrogens is 643 g/mol. The molecule has 12 heteroatoms. The van der Waals surface area contributed by atoms with Crippen LogP contribution in [0.3, 0.4) is 0 Å². The van der Waals surface area contributed by atoms with Crippen LogP contribution >= 0.6 is 34.5 Å². The number of rotatable bonds is 9. The quantitative estimate of drug-likeness (QED) is 0.178. The van der Waals surface area contributed by atoms with Crippen molar-refractivity contribution in [3.05, 3.63) is 117 Å². The molecule has 0 amide bonds. The van der Waals surface area contributed by atoms with Gasteiger partial charge in [-0.05, 0) is 60.7 Å². The number of imidazole rings is 1. The molecule has 0 saturated carbocycles. The monoisotopic (exact) mass is 676 g/mol. The van der Waals surface area contributed by atoms with E-state index in [0.717, 1.165) is 48.0 Å². The number of nitrogens with zero attached hydrogens (tertiary/aromatic N) is 6. The molecule has 9 nitrogen and oxygen atoms in total. The van der Waals surface area contributed by atoms with E-state index in [1.807, 2.05) is 52.2 Å². The van der Waals surface area contributed by atoms with Crippen LogP contribution in [0.4, 0.5) is 17.1 Å². The molecule has 5 aromatic rings. The van der Waals surface area contributed by atoms with E-state index in [-0.39, 0.29) is 6.10 Å². The van der Waals surface area contributed by atoms with E-state index in [4.69, 9.17) is 42.4 Å². The van der Waals surface area contributed by atoms with Gasteiger partial charge in [0.15, 0.2) is 4.80 Å². The number of benzene rings is 3. The summed E-state index contributed by atoms with van der Waals surface area (Å²) in [5.41, 5.74) is 4.09. The molecule has 0 N–H and O–H groups in total. The van der Waals surface area contributed by atoms with Gasteiger partial charge in [-0.3, -0.25) is 0 Å². The number of piperazine rings is 1. The van der Waals surface area contributed by atoms with Gasteiger partial charge in [-0.25, -0.2) is 9.98 Å². The molecule has 3 aromatic carbocycles. The van der Waals surface area contributed by atoms with Crippen molar-refractivity contribution in [3.8, 4) is 5.75 Å². The van der Waals surface area contributed by atoms with Crippen LogP contribution in [-0.2, 0) is 28.9 Å². The van der Waals surface area contributed by atoms with Gasteiger partial charge in [-0.15, -0.1) is 11.3 Å². The van der Waals surface area contributed by atoms with Gasteiger partial charge in [-0.1, -0.05) is 29.3 Å². The lowest BCUT2D eigenvalue weighted by Crippen LogP contribution is -2.46. The Balaban J connectivity index is 0.930. The fourth-order valence-electron chi connectivity index (χ4n) is 5.82. The minimum Gasteiger partial charge on any atom is -0.491 e. The van der Waals surface area contributed by atoms with Crippen LogP contribution in [0.1, 0.15) is 5.56 Å². The maximum atomic E-state index is 6.60. The lowest BCUT2D eigenvalue weighted by atomic mass is 10.1. The summed E-state index contributed by atoms with van der Waals surface area (Å²) < 4.78 is 22.9. The fraction of sp³-hybridized carbons (Fsp3) is 0.294. The highest BCUT2D eigenvalue weighted by Gasteiger charge is 2.45. The first-order valence-corrected chi connectivity index (χ1v) is 16.8. The molecule has 2 aliphatic heterocycles. The molecule has 2 fully saturated rings. The lowest BCUT2D eigenvalue weighted by molar-refractivity contribution is -0.189. The van der Waals surface area contributed by atoms with Crippen molar-refractivity contribution >= 4 is 51.6 Å². The first-order valence-electron chi connectivity index (χ1n) is 15.1. The largest absolute Gasteiger partial charge is 0.491 e. The Morgan fingerprint density at radius 2 is 1.67 bits per heavy atom. The molecule has 2 atom stereocenters. The Hall–Kier alpha value is -3.80. The van der Waals surface area contributed by atoms with Crippen LogP contribution in [0.25, 0.3) is 0 Å². The van der Waals surface area contributed by atoms with E-state index in [9.17, 15) is 0 Å². The van der Waals surface area contributed by atoms with E-state index in [1.54, 1.807) is 36.0 Å². The molecular formula is C34H34Cl2N6O3S. The van der Waals surface area contributed by atoms with E-state index in [0.29, 0.717) is 29.8 Å². The second kappa shape index (κ2) is 13.5. The molecule has 0 bridgehead atoms. The summed E-state index contributed by atoms with van der Waals surface area (Å²) in [4.78, 5) is 14.7. The van der Waals surface area contributed by atoms with Crippen LogP contribution in [0, 0.1) is 0 Å². The number of aryl methyl sites for hydroxylation is 1. The van der Waals surface area contributed by atoms with Crippen LogP contribution in [0.5, 0.6) is 5.75 Å². The maximum Gasteiger partial charge on any atom is 0.215 e. The van der Waals surface area contributed by atoms with Crippen LogP contribution < -0.4 is 19.3 Å². The smallest absolute Gasteiger partial charge is 0.215 e. The first-order chi connectivity index (χ1) is 22.4. The normalized spacial score (nSPS) is 20.4. The SMILES string of the molecule is Cn1ccs/c1=N/c1ccc(N2CCN(c3ccc(OCC4COC(Cn5ccnc5)(c5ccc(Cl)cc5Cl)O4)cc3)CC2)cc1. The molecule has 7 rings (SSSR count). The highest BCUT2D eigenvalue weighted by Crippen LogP contribution is 2.40. The molecule has 4 heterocycles. The summed E-state index contributed by atoms with van der Waals surface area (Å²) in [6, 6.07) is 22.1. The summed E-state index contributed by atoms with van der Waals surface area (Å²) in [7, 11) is 2.01. The number of ether oxygens (including phenoxy) is 3. The molecule has 2 unspecified atom stereocenters. The van der Waals surface area contributed by atoms with Crippen molar-refractivity contribution in [1.82, 2.24) is 14.1 Å². The molecule has 0 radical (unpaired) electrons. The molecule has 2 aliphatic rings. The Kier molecular flexibility index (Phi) is 9.06. The van der Waals surface area contributed by atoms with E-state index in [2.05, 4.69) is 51.2 Å². The number of halogens is 2. The second-order valence-corrected chi connectivity index (χ2v) is 13.1.